The second-order valence-corrected chi connectivity index (χ2v) is 8.19. The largest absolute Gasteiger partial charge is 0.383 e. The maximum Gasteiger partial charge on any atom is 0.273 e. The normalized spacial score (nSPS) is 21.0. The quantitative estimate of drug-likeness (QED) is 0.678. The van der Waals surface area contributed by atoms with Gasteiger partial charge in [0.25, 0.3) is 5.91 Å². The minimum absolute atomic E-state index is 0.144. The third-order valence-corrected chi connectivity index (χ3v) is 6.10. The molecule has 32 heavy (non-hydrogen) atoms. The van der Waals surface area contributed by atoms with Crippen LogP contribution in [0.15, 0.2) is 48.5 Å². The highest BCUT2D eigenvalue weighted by Gasteiger charge is 2.48. The number of carbonyl (C=O) groups excluding carboxylic acids is 3. The smallest absolute Gasteiger partial charge is 0.273 e. The van der Waals surface area contributed by atoms with Gasteiger partial charge in [-0.2, -0.15) is 0 Å². The van der Waals surface area contributed by atoms with E-state index in [-0.39, 0.29) is 30.0 Å². The van der Waals surface area contributed by atoms with E-state index in [1.54, 1.807) is 29.0 Å². The lowest BCUT2D eigenvalue weighted by Crippen LogP contribution is -2.70. The summed E-state index contributed by atoms with van der Waals surface area (Å²) in [4.78, 5) is 49.5. The van der Waals surface area contributed by atoms with Crippen molar-refractivity contribution in [2.24, 2.45) is 0 Å². The number of fused-ring (bicyclic) bond motifs is 1. The van der Waals surface area contributed by atoms with E-state index in [1.807, 2.05) is 43.3 Å². The molecule has 0 bridgehead atoms. The standard InChI is InChI=1S/C24H28N4O4/c1-17-7-6-10-19(25-17)22(29)28-16-21-23(30)26(13-14-32-2)11-12-27(21)24(31)20(28)15-18-8-4-3-5-9-18/h3-10,20-21H,11-16H2,1-2H3/t20-,21-/m0/s1. The highest BCUT2D eigenvalue weighted by Crippen LogP contribution is 2.25. The minimum Gasteiger partial charge on any atom is -0.383 e. The van der Waals surface area contributed by atoms with Crippen molar-refractivity contribution in [2.45, 2.75) is 25.4 Å². The van der Waals surface area contributed by atoms with E-state index in [9.17, 15) is 14.4 Å². The second-order valence-electron chi connectivity index (χ2n) is 8.19. The van der Waals surface area contributed by atoms with Gasteiger partial charge in [0.1, 0.15) is 17.8 Å². The third kappa shape index (κ3) is 4.36. The fourth-order valence-corrected chi connectivity index (χ4v) is 4.41. The first-order valence-electron chi connectivity index (χ1n) is 10.9. The molecule has 8 heteroatoms. The molecular weight excluding hydrogens is 408 g/mol. The number of rotatable bonds is 6. The van der Waals surface area contributed by atoms with Crippen molar-refractivity contribution in [1.29, 1.82) is 0 Å². The molecule has 2 aliphatic heterocycles. The van der Waals surface area contributed by atoms with E-state index in [4.69, 9.17) is 4.74 Å². The highest BCUT2D eigenvalue weighted by atomic mass is 16.5. The number of carbonyl (C=O) groups is 3. The molecule has 2 fully saturated rings. The Hall–Kier alpha value is -3.26. The van der Waals surface area contributed by atoms with E-state index in [2.05, 4.69) is 4.98 Å². The Morgan fingerprint density at radius 1 is 1.06 bits per heavy atom. The van der Waals surface area contributed by atoms with E-state index >= 15 is 0 Å². The van der Waals surface area contributed by atoms with E-state index in [0.717, 1.165) is 11.3 Å². The van der Waals surface area contributed by atoms with Crippen LogP contribution in [0.4, 0.5) is 0 Å². The van der Waals surface area contributed by atoms with Crippen molar-refractivity contribution >= 4 is 17.7 Å². The van der Waals surface area contributed by atoms with Crippen LogP contribution in [0, 0.1) is 6.92 Å². The van der Waals surface area contributed by atoms with Crippen LogP contribution in [0.1, 0.15) is 21.7 Å². The molecule has 168 valence electrons. The molecule has 3 amide bonds. The summed E-state index contributed by atoms with van der Waals surface area (Å²) in [5, 5.41) is 0. The fraction of sp³-hybridized carbons (Fsp3) is 0.417. The lowest BCUT2D eigenvalue weighted by Gasteiger charge is -2.49. The summed E-state index contributed by atoms with van der Waals surface area (Å²) in [7, 11) is 1.59. The van der Waals surface area contributed by atoms with E-state index in [1.165, 1.54) is 4.90 Å². The Labute approximate surface area is 187 Å². The Morgan fingerprint density at radius 3 is 2.56 bits per heavy atom. The van der Waals surface area contributed by atoms with Gasteiger partial charge in [0.05, 0.1) is 13.2 Å². The molecule has 1 aromatic heterocycles. The molecule has 0 unspecified atom stereocenters. The lowest BCUT2D eigenvalue weighted by molar-refractivity contribution is -0.160. The van der Waals surface area contributed by atoms with Gasteiger partial charge in [-0.25, -0.2) is 4.98 Å². The average Bonchev–Trinajstić information content (AvgIpc) is 2.80. The van der Waals surface area contributed by atoms with Crippen molar-refractivity contribution in [3.8, 4) is 0 Å². The zero-order valence-electron chi connectivity index (χ0n) is 18.4. The molecule has 0 radical (unpaired) electrons. The van der Waals surface area contributed by atoms with Gasteiger partial charge >= 0.3 is 0 Å². The number of amides is 3. The summed E-state index contributed by atoms with van der Waals surface area (Å²) in [6, 6.07) is 13.5. The molecule has 4 rings (SSSR count). The Morgan fingerprint density at radius 2 is 1.84 bits per heavy atom. The van der Waals surface area contributed by atoms with Gasteiger partial charge in [0.15, 0.2) is 0 Å². The number of aromatic nitrogens is 1. The monoisotopic (exact) mass is 436 g/mol. The van der Waals surface area contributed by atoms with Crippen molar-refractivity contribution in [1.82, 2.24) is 19.7 Å². The number of aryl methyl sites for hydroxylation is 1. The predicted molar refractivity (Wildman–Crippen MR) is 118 cm³/mol. The zero-order valence-corrected chi connectivity index (χ0v) is 18.4. The van der Waals surface area contributed by atoms with E-state index in [0.29, 0.717) is 32.7 Å². The van der Waals surface area contributed by atoms with Gasteiger partial charge in [-0.3, -0.25) is 14.4 Å². The van der Waals surface area contributed by atoms with Crippen molar-refractivity contribution < 1.29 is 19.1 Å². The number of hydrogen-bond donors (Lipinski definition) is 0. The second kappa shape index (κ2) is 9.48. The molecule has 2 atom stereocenters. The van der Waals surface area contributed by atoms with E-state index < -0.39 is 12.1 Å². The molecular formula is C24H28N4O4. The van der Waals surface area contributed by atoms with Crippen LogP contribution in [-0.4, -0.2) is 89.4 Å². The highest BCUT2D eigenvalue weighted by molar-refractivity contribution is 6.00. The molecule has 0 N–H and O–H groups in total. The molecule has 0 spiro atoms. The van der Waals surface area contributed by atoms with Crippen LogP contribution in [0.2, 0.25) is 0 Å². The molecule has 2 aromatic rings. The Balaban J connectivity index is 1.65. The van der Waals surface area contributed by atoms with Crippen LogP contribution in [-0.2, 0) is 20.7 Å². The van der Waals surface area contributed by atoms with Gasteiger partial charge in [-0.15, -0.1) is 0 Å². The molecule has 2 aliphatic rings. The van der Waals surface area contributed by atoms with Crippen LogP contribution in [0.25, 0.3) is 0 Å². The van der Waals surface area contributed by atoms with Crippen LogP contribution in [0.5, 0.6) is 0 Å². The summed E-state index contributed by atoms with van der Waals surface area (Å²) in [6.45, 7) is 3.79. The van der Waals surface area contributed by atoms with Gasteiger partial charge < -0.3 is 19.4 Å². The third-order valence-electron chi connectivity index (χ3n) is 6.10. The Kier molecular flexibility index (Phi) is 6.50. The lowest BCUT2D eigenvalue weighted by atomic mass is 9.96. The summed E-state index contributed by atoms with van der Waals surface area (Å²) in [6.07, 6.45) is 0.391. The van der Waals surface area contributed by atoms with Crippen molar-refractivity contribution in [3.63, 3.8) is 0 Å². The van der Waals surface area contributed by atoms with Gasteiger partial charge in [-0.1, -0.05) is 36.4 Å². The van der Waals surface area contributed by atoms with Crippen LogP contribution < -0.4 is 0 Å². The molecule has 8 nitrogen and oxygen atoms in total. The summed E-state index contributed by atoms with van der Waals surface area (Å²) in [5.41, 5.74) is 1.97. The predicted octanol–water partition coefficient (Wildman–Crippen LogP) is 1.14. The maximum atomic E-state index is 13.6. The number of pyridine rings is 1. The average molecular weight is 437 g/mol. The number of methoxy groups -OCH3 is 1. The first-order valence-corrected chi connectivity index (χ1v) is 10.9. The van der Waals surface area contributed by atoms with Crippen LogP contribution >= 0.6 is 0 Å². The van der Waals surface area contributed by atoms with Gasteiger partial charge in [0.2, 0.25) is 11.8 Å². The molecule has 0 aliphatic carbocycles. The van der Waals surface area contributed by atoms with Gasteiger partial charge in [-0.05, 0) is 24.6 Å². The minimum atomic E-state index is -0.686. The molecule has 1 aromatic carbocycles. The summed E-state index contributed by atoms with van der Waals surface area (Å²) in [5.74, 6) is -0.662. The number of nitrogens with zero attached hydrogens (tertiary/aromatic N) is 4. The van der Waals surface area contributed by atoms with Crippen molar-refractivity contribution in [2.75, 3.05) is 39.9 Å². The van der Waals surface area contributed by atoms with Crippen molar-refractivity contribution in [3.05, 3.63) is 65.5 Å². The maximum absolute atomic E-state index is 13.6. The molecule has 0 saturated carbocycles. The first-order chi connectivity index (χ1) is 15.5. The number of hydrogen-bond acceptors (Lipinski definition) is 5. The zero-order chi connectivity index (χ0) is 22.7. The van der Waals surface area contributed by atoms with Gasteiger partial charge in [0, 0.05) is 38.9 Å². The first kappa shape index (κ1) is 22.0. The Bertz CT molecular complexity index is 997. The summed E-state index contributed by atoms with van der Waals surface area (Å²) >= 11 is 0. The van der Waals surface area contributed by atoms with Crippen LogP contribution in [0.3, 0.4) is 0 Å². The summed E-state index contributed by atoms with van der Waals surface area (Å²) < 4.78 is 5.11. The number of piperazine rings is 2. The molecule has 3 heterocycles. The number of ether oxygens (including phenoxy) is 1. The molecule has 2 saturated heterocycles. The SMILES string of the molecule is COCCN1CCN2C(=O)[C@H](Cc3ccccc3)N(C(=O)c3cccc(C)n3)C[C@H]2C1=O. The fourth-order valence-electron chi connectivity index (χ4n) is 4.41. The number of benzene rings is 1. The topological polar surface area (TPSA) is 83.1 Å².